The number of rotatable bonds is 4. The SMILES string of the molecule is CCOC(=O)Cn1c(=NC(=O)c2ccc3ccccc3c2)sc2cc(Cl)cc(Cl)c21. The first-order valence-corrected chi connectivity index (χ1v) is 10.8. The van der Waals surface area contributed by atoms with Crippen molar-refractivity contribution in [2.75, 3.05) is 6.61 Å². The third kappa shape index (κ3) is 4.12. The van der Waals surface area contributed by atoms with Gasteiger partial charge >= 0.3 is 5.97 Å². The van der Waals surface area contributed by atoms with Crippen molar-refractivity contribution in [3.05, 3.63) is 75.0 Å². The van der Waals surface area contributed by atoms with Crippen molar-refractivity contribution in [2.24, 2.45) is 4.99 Å². The Morgan fingerprint density at radius 2 is 1.83 bits per heavy atom. The van der Waals surface area contributed by atoms with Crippen molar-refractivity contribution in [2.45, 2.75) is 13.5 Å². The molecule has 0 N–H and O–H groups in total. The number of carbonyl (C=O) groups excluding carboxylic acids is 2. The highest BCUT2D eigenvalue weighted by molar-refractivity contribution is 7.16. The molecule has 0 radical (unpaired) electrons. The van der Waals surface area contributed by atoms with Crippen LogP contribution in [0.5, 0.6) is 0 Å². The topological polar surface area (TPSA) is 60.7 Å². The highest BCUT2D eigenvalue weighted by Gasteiger charge is 2.16. The molecule has 0 bridgehead atoms. The Hall–Kier alpha value is -2.67. The van der Waals surface area contributed by atoms with Gasteiger partial charge in [-0.2, -0.15) is 4.99 Å². The quantitative estimate of drug-likeness (QED) is 0.381. The lowest BCUT2D eigenvalue weighted by molar-refractivity contribution is -0.143. The molecule has 0 aliphatic rings. The third-order valence-corrected chi connectivity index (χ3v) is 6.01. The molecule has 1 aromatic heterocycles. The smallest absolute Gasteiger partial charge is 0.326 e. The summed E-state index contributed by atoms with van der Waals surface area (Å²) < 4.78 is 7.39. The first-order valence-electron chi connectivity index (χ1n) is 9.18. The molecule has 5 nitrogen and oxygen atoms in total. The minimum Gasteiger partial charge on any atom is -0.465 e. The maximum absolute atomic E-state index is 12.9. The number of ether oxygens (including phenoxy) is 1. The molecule has 4 rings (SSSR count). The van der Waals surface area contributed by atoms with E-state index in [1.807, 2.05) is 30.3 Å². The van der Waals surface area contributed by atoms with Crippen LogP contribution in [0.15, 0.2) is 59.6 Å². The molecule has 0 fully saturated rings. The first-order chi connectivity index (χ1) is 14.5. The second kappa shape index (κ2) is 8.60. The van der Waals surface area contributed by atoms with E-state index >= 15 is 0 Å². The predicted molar refractivity (Wildman–Crippen MR) is 120 cm³/mol. The van der Waals surface area contributed by atoms with Gasteiger partial charge in [-0.1, -0.05) is 64.9 Å². The zero-order valence-electron chi connectivity index (χ0n) is 15.9. The van der Waals surface area contributed by atoms with E-state index in [9.17, 15) is 9.59 Å². The zero-order valence-corrected chi connectivity index (χ0v) is 18.2. The summed E-state index contributed by atoms with van der Waals surface area (Å²) in [5.41, 5.74) is 1.04. The Morgan fingerprint density at radius 3 is 2.60 bits per heavy atom. The van der Waals surface area contributed by atoms with Crippen LogP contribution in [-0.4, -0.2) is 23.1 Å². The summed E-state index contributed by atoms with van der Waals surface area (Å²) in [6, 6.07) is 16.5. The van der Waals surface area contributed by atoms with Crippen molar-refractivity contribution in [1.82, 2.24) is 4.57 Å². The largest absolute Gasteiger partial charge is 0.465 e. The van der Waals surface area contributed by atoms with E-state index in [1.54, 1.807) is 35.8 Å². The second-order valence-corrected chi connectivity index (χ2v) is 8.34. The van der Waals surface area contributed by atoms with Gasteiger partial charge in [0.1, 0.15) is 6.54 Å². The molecule has 0 unspecified atom stereocenters. The molecule has 0 spiro atoms. The molecule has 0 saturated heterocycles. The monoisotopic (exact) mass is 458 g/mol. The van der Waals surface area contributed by atoms with E-state index < -0.39 is 11.9 Å². The van der Waals surface area contributed by atoms with E-state index in [0.717, 1.165) is 15.5 Å². The number of carbonyl (C=O) groups is 2. The normalized spacial score (nSPS) is 11.9. The van der Waals surface area contributed by atoms with Gasteiger partial charge in [0, 0.05) is 10.6 Å². The van der Waals surface area contributed by atoms with Crippen LogP contribution >= 0.6 is 34.5 Å². The number of amides is 1. The minimum atomic E-state index is -0.442. The molecule has 1 amide bonds. The lowest BCUT2D eigenvalue weighted by Gasteiger charge is -2.06. The molecule has 0 saturated carbocycles. The van der Waals surface area contributed by atoms with Gasteiger partial charge in [0.05, 0.1) is 21.8 Å². The van der Waals surface area contributed by atoms with Crippen molar-refractivity contribution in [3.63, 3.8) is 0 Å². The number of thiazole rings is 1. The van der Waals surface area contributed by atoms with Crippen molar-refractivity contribution >= 4 is 67.4 Å². The number of esters is 1. The van der Waals surface area contributed by atoms with Crippen molar-refractivity contribution < 1.29 is 14.3 Å². The predicted octanol–water partition coefficient (Wildman–Crippen LogP) is 5.47. The van der Waals surface area contributed by atoms with E-state index in [2.05, 4.69) is 4.99 Å². The number of nitrogens with zero attached hydrogens (tertiary/aromatic N) is 2. The van der Waals surface area contributed by atoms with Gasteiger partial charge in [0.2, 0.25) is 0 Å². The molecule has 3 aromatic carbocycles. The third-order valence-electron chi connectivity index (χ3n) is 4.48. The number of aromatic nitrogens is 1. The molecule has 0 atom stereocenters. The van der Waals surface area contributed by atoms with Crippen LogP contribution in [0.1, 0.15) is 17.3 Å². The van der Waals surface area contributed by atoms with Crippen LogP contribution in [0, 0.1) is 0 Å². The first kappa shape index (κ1) is 20.6. The van der Waals surface area contributed by atoms with E-state index in [-0.39, 0.29) is 13.2 Å². The van der Waals surface area contributed by atoms with Crippen LogP contribution in [0.3, 0.4) is 0 Å². The Morgan fingerprint density at radius 1 is 1.07 bits per heavy atom. The second-order valence-electron chi connectivity index (χ2n) is 6.49. The van der Waals surface area contributed by atoms with Crippen LogP contribution in [0.4, 0.5) is 0 Å². The van der Waals surface area contributed by atoms with Gasteiger partial charge < -0.3 is 9.30 Å². The summed E-state index contributed by atoms with van der Waals surface area (Å²) in [5, 5.41) is 2.82. The van der Waals surface area contributed by atoms with Crippen LogP contribution in [0.25, 0.3) is 21.0 Å². The van der Waals surface area contributed by atoms with Crippen molar-refractivity contribution in [1.29, 1.82) is 0 Å². The summed E-state index contributed by atoms with van der Waals surface area (Å²) in [5.74, 6) is -0.852. The molecule has 8 heteroatoms. The maximum atomic E-state index is 12.9. The van der Waals surface area contributed by atoms with E-state index in [4.69, 9.17) is 27.9 Å². The van der Waals surface area contributed by atoms with Gasteiger partial charge in [-0.3, -0.25) is 9.59 Å². The number of hydrogen-bond acceptors (Lipinski definition) is 4. The summed E-state index contributed by atoms with van der Waals surface area (Å²) in [4.78, 5) is 29.7. The minimum absolute atomic E-state index is 0.112. The fourth-order valence-electron chi connectivity index (χ4n) is 3.17. The lowest BCUT2D eigenvalue weighted by atomic mass is 10.1. The van der Waals surface area contributed by atoms with Crippen LogP contribution in [0.2, 0.25) is 10.0 Å². The van der Waals surface area contributed by atoms with Gasteiger partial charge in [0.25, 0.3) is 5.91 Å². The fourth-order valence-corrected chi connectivity index (χ4v) is 4.98. The lowest BCUT2D eigenvalue weighted by Crippen LogP contribution is -2.23. The van der Waals surface area contributed by atoms with Crippen molar-refractivity contribution in [3.8, 4) is 0 Å². The highest BCUT2D eigenvalue weighted by Crippen LogP contribution is 2.30. The number of halogens is 2. The Labute approximate surface area is 186 Å². The van der Waals surface area contributed by atoms with Gasteiger partial charge in [0.15, 0.2) is 4.80 Å². The Kier molecular flexibility index (Phi) is 5.90. The standard InChI is InChI=1S/C22H16Cl2N2O3S/c1-2-29-19(27)12-26-20-17(24)10-16(23)11-18(20)30-22(26)25-21(28)15-8-7-13-5-3-4-6-14(13)9-15/h3-11H,2,12H2,1H3. The summed E-state index contributed by atoms with van der Waals surface area (Å²) >= 11 is 13.7. The Bertz CT molecular complexity index is 1360. The summed E-state index contributed by atoms with van der Waals surface area (Å²) in [6.45, 7) is 1.87. The zero-order chi connectivity index (χ0) is 21.3. The molecule has 0 aliphatic carbocycles. The molecule has 152 valence electrons. The molecule has 30 heavy (non-hydrogen) atoms. The molecular formula is C22H16Cl2N2O3S. The van der Waals surface area contributed by atoms with Gasteiger partial charge in [-0.15, -0.1) is 0 Å². The molecule has 0 aliphatic heterocycles. The molecule has 1 heterocycles. The fraction of sp³-hybridized carbons (Fsp3) is 0.136. The van der Waals surface area contributed by atoms with Gasteiger partial charge in [-0.05, 0) is 42.0 Å². The summed E-state index contributed by atoms with van der Waals surface area (Å²) in [6.07, 6.45) is 0. The van der Waals surface area contributed by atoms with Gasteiger partial charge in [-0.25, -0.2) is 0 Å². The molecule has 4 aromatic rings. The maximum Gasteiger partial charge on any atom is 0.326 e. The average molecular weight is 459 g/mol. The Balaban J connectivity index is 1.85. The number of benzene rings is 3. The molecular weight excluding hydrogens is 443 g/mol. The van der Waals surface area contributed by atoms with Crippen LogP contribution < -0.4 is 4.80 Å². The average Bonchev–Trinajstić information content (AvgIpc) is 3.04. The van der Waals surface area contributed by atoms with E-state index in [0.29, 0.717) is 25.9 Å². The summed E-state index contributed by atoms with van der Waals surface area (Å²) in [7, 11) is 0. The number of fused-ring (bicyclic) bond motifs is 2. The number of hydrogen-bond donors (Lipinski definition) is 0. The van der Waals surface area contributed by atoms with Crippen LogP contribution in [-0.2, 0) is 16.1 Å². The van der Waals surface area contributed by atoms with E-state index in [1.165, 1.54) is 11.3 Å². The highest BCUT2D eigenvalue weighted by atomic mass is 35.5.